The highest BCUT2D eigenvalue weighted by Gasteiger charge is 2.30. The van der Waals surface area contributed by atoms with Crippen LogP contribution < -0.4 is 5.73 Å². The van der Waals surface area contributed by atoms with Crippen LogP contribution in [0, 0.1) is 0 Å². The first-order valence-corrected chi connectivity index (χ1v) is 5.95. The molecule has 0 aliphatic heterocycles. The lowest BCUT2D eigenvalue weighted by atomic mass is 10.1. The Bertz CT molecular complexity index is 523. The molecule has 0 aromatic carbocycles. The Balaban J connectivity index is 2.28. The monoisotopic (exact) mass is 215 g/mol. The molecule has 1 saturated carbocycles. The SMILES string of the molecule is Cn1c(C2CC2)c(CCN)c2ncccc21. The average molecular weight is 215 g/mol. The Labute approximate surface area is 95.3 Å². The minimum absolute atomic E-state index is 0.704. The maximum atomic E-state index is 5.71. The first-order chi connectivity index (χ1) is 7.83. The van der Waals surface area contributed by atoms with Crippen LogP contribution in [0.2, 0.25) is 0 Å². The third kappa shape index (κ3) is 1.35. The van der Waals surface area contributed by atoms with Gasteiger partial charge in [0.1, 0.15) is 0 Å². The molecule has 0 atom stereocenters. The predicted octanol–water partition coefficient (Wildman–Crippen LogP) is 1.95. The fourth-order valence-corrected chi connectivity index (χ4v) is 2.62. The third-order valence-electron chi connectivity index (χ3n) is 3.46. The molecule has 84 valence electrons. The van der Waals surface area contributed by atoms with E-state index in [0.717, 1.165) is 17.9 Å². The van der Waals surface area contributed by atoms with E-state index in [1.54, 1.807) is 0 Å². The first kappa shape index (κ1) is 9.85. The van der Waals surface area contributed by atoms with Crippen molar-refractivity contribution < 1.29 is 0 Å². The maximum absolute atomic E-state index is 5.71. The molecule has 0 radical (unpaired) electrons. The summed E-state index contributed by atoms with van der Waals surface area (Å²) in [6, 6.07) is 4.15. The van der Waals surface area contributed by atoms with E-state index in [1.807, 2.05) is 12.3 Å². The van der Waals surface area contributed by atoms with Gasteiger partial charge in [0.2, 0.25) is 0 Å². The summed E-state index contributed by atoms with van der Waals surface area (Å²) in [6.45, 7) is 0.704. The molecule has 1 fully saturated rings. The van der Waals surface area contributed by atoms with Gasteiger partial charge < -0.3 is 10.3 Å². The predicted molar refractivity (Wildman–Crippen MR) is 65.4 cm³/mol. The Morgan fingerprint density at radius 1 is 1.50 bits per heavy atom. The quantitative estimate of drug-likeness (QED) is 0.850. The van der Waals surface area contributed by atoms with Crippen molar-refractivity contribution >= 4 is 11.0 Å². The van der Waals surface area contributed by atoms with Crippen molar-refractivity contribution in [2.45, 2.75) is 25.2 Å². The van der Waals surface area contributed by atoms with Crippen LogP contribution in [0.1, 0.15) is 30.0 Å². The summed E-state index contributed by atoms with van der Waals surface area (Å²) in [7, 11) is 2.15. The van der Waals surface area contributed by atoms with Crippen LogP contribution in [-0.2, 0) is 13.5 Å². The van der Waals surface area contributed by atoms with Crippen LogP contribution in [0.4, 0.5) is 0 Å². The van der Waals surface area contributed by atoms with Gasteiger partial charge in [-0.05, 0) is 43.9 Å². The molecule has 0 saturated heterocycles. The molecule has 0 unspecified atom stereocenters. The second kappa shape index (κ2) is 3.59. The van der Waals surface area contributed by atoms with E-state index in [-0.39, 0.29) is 0 Å². The number of nitrogens with two attached hydrogens (primary N) is 1. The van der Waals surface area contributed by atoms with Gasteiger partial charge in [-0.1, -0.05) is 0 Å². The molecule has 2 aromatic rings. The standard InChI is InChI=1S/C13H17N3/c1-16-11-3-2-8-15-12(11)10(6-7-14)13(16)9-4-5-9/h2-3,8-9H,4-7,14H2,1H3. The molecule has 16 heavy (non-hydrogen) atoms. The van der Waals surface area contributed by atoms with Crippen LogP contribution in [0.15, 0.2) is 18.3 Å². The summed E-state index contributed by atoms with van der Waals surface area (Å²) in [4.78, 5) is 4.52. The highest BCUT2D eigenvalue weighted by Crippen LogP contribution is 2.44. The number of nitrogens with zero attached hydrogens (tertiary/aromatic N) is 2. The van der Waals surface area contributed by atoms with Gasteiger partial charge in [0.15, 0.2) is 0 Å². The largest absolute Gasteiger partial charge is 0.346 e. The minimum Gasteiger partial charge on any atom is -0.346 e. The molecule has 2 heterocycles. The van der Waals surface area contributed by atoms with E-state index in [2.05, 4.69) is 22.7 Å². The second-order valence-electron chi connectivity index (χ2n) is 4.61. The van der Waals surface area contributed by atoms with Crippen molar-refractivity contribution in [3.63, 3.8) is 0 Å². The molecule has 0 spiro atoms. The van der Waals surface area contributed by atoms with Crippen LogP contribution in [0.5, 0.6) is 0 Å². The van der Waals surface area contributed by atoms with Crippen molar-refractivity contribution in [1.82, 2.24) is 9.55 Å². The molecule has 1 aliphatic rings. The molecular weight excluding hydrogens is 198 g/mol. The zero-order valence-electron chi connectivity index (χ0n) is 9.61. The molecule has 0 amide bonds. The molecule has 2 N–H and O–H groups in total. The van der Waals surface area contributed by atoms with E-state index >= 15 is 0 Å². The fraction of sp³-hybridized carbons (Fsp3) is 0.462. The van der Waals surface area contributed by atoms with Gasteiger partial charge in [-0.15, -0.1) is 0 Å². The number of aryl methyl sites for hydroxylation is 1. The number of hydrogen-bond donors (Lipinski definition) is 1. The van der Waals surface area contributed by atoms with Crippen molar-refractivity contribution in [2.75, 3.05) is 6.54 Å². The molecular formula is C13H17N3. The molecule has 3 nitrogen and oxygen atoms in total. The second-order valence-corrected chi connectivity index (χ2v) is 4.61. The molecule has 0 bridgehead atoms. The first-order valence-electron chi connectivity index (χ1n) is 5.95. The van der Waals surface area contributed by atoms with Gasteiger partial charge in [0.25, 0.3) is 0 Å². The van der Waals surface area contributed by atoms with E-state index in [0.29, 0.717) is 6.54 Å². The number of pyridine rings is 1. The van der Waals surface area contributed by atoms with Crippen molar-refractivity contribution in [3.8, 4) is 0 Å². The highest BCUT2D eigenvalue weighted by atomic mass is 15.0. The van der Waals surface area contributed by atoms with Crippen LogP contribution in [0.25, 0.3) is 11.0 Å². The Morgan fingerprint density at radius 3 is 3.00 bits per heavy atom. The molecule has 3 heteroatoms. The zero-order valence-corrected chi connectivity index (χ0v) is 9.61. The lowest BCUT2D eigenvalue weighted by molar-refractivity contribution is 0.828. The van der Waals surface area contributed by atoms with E-state index in [4.69, 9.17) is 5.73 Å². The number of aromatic nitrogens is 2. The number of fused-ring (bicyclic) bond motifs is 1. The average Bonchev–Trinajstić information content (AvgIpc) is 3.09. The zero-order chi connectivity index (χ0) is 11.1. The Kier molecular flexibility index (Phi) is 2.21. The smallest absolute Gasteiger partial charge is 0.0916 e. The van der Waals surface area contributed by atoms with Crippen LogP contribution >= 0.6 is 0 Å². The van der Waals surface area contributed by atoms with E-state index in [1.165, 1.54) is 29.6 Å². The summed E-state index contributed by atoms with van der Waals surface area (Å²) < 4.78 is 2.31. The van der Waals surface area contributed by atoms with Gasteiger partial charge in [0, 0.05) is 24.5 Å². The van der Waals surface area contributed by atoms with Gasteiger partial charge in [-0.25, -0.2) is 0 Å². The summed E-state index contributed by atoms with van der Waals surface area (Å²) in [5, 5.41) is 0. The normalized spacial score (nSPS) is 15.9. The van der Waals surface area contributed by atoms with E-state index < -0.39 is 0 Å². The number of hydrogen-bond acceptors (Lipinski definition) is 2. The maximum Gasteiger partial charge on any atom is 0.0916 e. The lowest BCUT2D eigenvalue weighted by Gasteiger charge is -2.04. The van der Waals surface area contributed by atoms with Crippen molar-refractivity contribution in [3.05, 3.63) is 29.6 Å². The van der Waals surface area contributed by atoms with Gasteiger partial charge in [-0.2, -0.15) is 0 Å². The molecule has 1 aliphatic carbocycles. The molecule has 3 rings (SSSR count). The Hall–Kier alpha value is -1.35. The Morgan fingerprint density at radius 2 is 2.31 bits per heavy atom. The van der Waals surface area contributed by atoms with Gasteiger partial charge in [0.05, 0.1) is 11.0 Å². The van der Waals surface area contributed by atoms with Crippen molar-refractivity contribution in [2.24, 2.45) is 12.8 Å². The summed E-state index contributed by atoms with van der Waals surface area (Å²) in [5.74, 6) is 0.751. The molecule has 2 aromatic heterocycles. The van der Waals surface area contributed by atoms with E-state index in [9.17, 15) is 0 Å². The fourth-order valence-electron chi connectivity index (χ4n) is 2.62. The topological polar surface area (TPSA) is 43.8 Å². The van der Waals surface area contributed by atoms with Gasteiger partial charge >= 0.3 is 0 Å². The summed E-state index contributed by atoms with van der Waals surface area (Å²) in [5.41, 5.74) is 11.0. The highest BCUT2D eigenvalue weighted by molar-refractivity contribution is 5.81. The van der Waals surface area contributed by atoms with Crippen LogP contribution in [-0.4, -0.2) is 16.1 Å². The summed E-state index contributed by atoms with van der Waals surface area (Å²) in [6.07, 6.45) is 5.46. The van der Waals surface area contributed by atoms with Crippen LogP contribution in [0.3, 0.4) is 0 Å². The van der Waals surface area contributed by atoms with Gasteiger partial charge in [-0.3, -0.25) is 4.98 Å². The lowest BCUT2D eigenvalue weighted by Crippen LogP contribution is -2.05. The van der Waals surface area contributed by atoms with Crippen molar-refractivity contribution in [1.29, 1.82) is 0 Å². The number of rotatable bonds is 3. The summed E-state index contributed by atoms with van der Waals surface area (Å²) >= 11 is 0. The minimum atomic E-state index is 0.704. The third-order valence-corrected chi connectivity index (χ3v) is 3.46.